The van der Waals surface area contributed by atoms with E-state index in [1.165, 1.54) is 0 Å². The number of halogens is 1. The molecule has 0 bridgehead atoms. The molecule has 1 atom stereocenters. The van der Waals surface area contributed by atoms with Crippen LogP contribution in [0.3, 0.4) is 0 Å². The van der Waals surface area contributed by atoms with Gasteiger partial charge in [0.2, 0.25) is 0 Å². The van der Waals surface area contributed by atoms with E-state index < -0.39 is 9.84 Å². The lowest BCUT2D eigenvalue weighted by molar-refractivity contribution is 0.437. The Labute approximate surface area is 127 Å². The first-order valence-electron chi connectivity index (χ1n) is 6.24. The van der Waals surface area contributed by atoms with E-state index in [0.29, 0.717) is 11.4 Å². The maximum absolute atomic E-state index is 12.1. The van der Waals surface area contributed by atoms with E-state index >= 15 is 0 Å². The summed E-state index contributed by atoms with van der Waals surface area (Å²) in [6.45, 7) is 2.31. The minimum Gasteiger partial charge on any atom is -0.468 e. The van der Waals surface area contributed by atoms with Crippen molar-refractivity contribution in [1.82, 2.24) is 5.32 Å². The highest BCUT2D eigenvalue weighted by Crippen LogP contribution is 2.16. The Balaban J connectivity index is 1.91. The number of rotatable bonds is 6. The summed E-state index contributed by atoms with van der Waals surface area (Å²) in [5.74, 6) is 0.852. The number of furan rings is 1. The van der Waals surface area contributed by atoms with Gasteiger partial charge in [0.25, 0.3) is 0 Å². The van der Waals surface area contributed by atoms with Crippen LogP contribution in [0.5, 0.6) is 0 Å². The zero-order chi connectivity index (χ0) is 14.6. The topological polar surface area (TPSA) is 59.3 Å². The molecule has 0 saturated carbocycles. The first-order chi connectivity index (χ1) is 9.49. The normalized spacial score (nSPS) is 13.3. The molecule has 0 spiro atoms. The number of benzene rings is 1. The third-order valence-electron chi connectivity index (χ3n) is 2.96. The van der Waals surface area contributed by atoms with Crippen molar-refractivity contribution in [2.24, 2.45) is 0 Å². The maximum atomic E-state index is 12.1. The van der Waals surface area contributed by atoms with Gasteiger partial charge in [0.15, 0.2) is 9.84 Å². The Morgan fingerprint density at radius 1 is 1.25 bits per heavy atom. The van der Waals surface area contributed by atoms with Crippen molar-refractivity contribution >= 4 is 25.8 Å². The molecule has 0 aliphatic rings. The second-order valence-corrected chi connectivity index (χ2v) is 7.49. The highest BCUT2D eigenvalue weighted by molar-refractivity contribution is 9.10. The summed E-state index contributed by atoms with van der Waals surface area (Å²) >= 11 is 3.29. The summed E-state index contributed by atoms with van der Waals surface area (Å²) in [6.07, 6.45) is 1.60. The van der Waals surface area contributed by atoms with E-state index in [1.54, 1.807) is 30.5 Å². The number of sulfone groups is 1. The van der Waals surface area contributed by atoms with Gasteiger partial charge in [-0.15, -0.1) is 0 Å². The van der Waals surface area contributed by atoms with Gasteiger partial charge in [-0.05, 0) is 43.3 Å². The van der Waals surface area contributed by atoms with Crippen molar-refractivity contribution in [1.29, 1.82) is 0 Å². The van der Waals surface area contributed by atoms with Crippen LogP contribution in [0, 0.1) is 0 Å². The van der Waals surface area contributed by atoms with Gasteiger partial charge in [-0.3, -0.25) is 0 Å². The lowest BCUT2D eigenvalue weighted by Crippen LogP contribution is -2.25. The molecule has 0 unspecified atom stereocenters. The Morgan fingerprint density at radius 2 is 1.95 bits per heavy atom. The molecule has 4 nitrogen and oxygen atoms in total. The molecular weight excluding hydrogens is 342 g/mol. The van der Waals surface area contributed by atoms with Gasteiger partial charge in [0.05, 0.1) is 23.0 Å². The van der Waals surface area contributed by atoms with Crippen LogP contribution in [0.25, 0.3) is 0 Å². The molecule has 0 fully saturated rings. The molecule has 6 heteroatoms. The largest absolute Gasteiger partial charge is 0.468 e. The van der Waals surface area contributed by atoms with Gasteiger partial charge < -0.3 is 9.73 Å². The van der Waals surface area contributed by atoms with Crippen LogP contribution < -0.4 is 5.32 Å². The average Bonchev–Trinajstić information content (AvgIpc) is 2.93. The quantitative estimate of drug-likeness (QED) is 0.862. The molecule has 1 N–H and O–H groups in total. The predicted octanol–water partition coefficient (Wildman–Crippen LogP) is 3.17. The molecule has 20 heavy (non-hydrogen) atoms. The molecule has 2 aromatic rings. The van der Waals surface area contributed by atoms with Crippen LogP contribution in [-0.2, 0) is 9.84 Å². The lowest BCUT2D eigenvalue weighted by atomic mass is 10.2. The second kappa shape index (κ2) is 6.56. The molecule has 0 aliphatic carbocycles. The smallest absolute Gasteiger partial charge is 0.179 e. The van der Waals surface area contributed by atoms with Crippen LogP contribution in [0.1, 0.15) is 18.7 Å². The molecule has 0 radical (unpaired) electrons. The Morgan fingerprint density at radius 3 is 2.55 bits per heavy atom. The van der Waals surface area contributed by atoms with E-state index in [2.05, 4.69) is 21.2 Å². The summed E-state index contributed by atoms with van der Waals surface area (Å²) in [7, 11) is -3.26. The van der Waals surface area contributed by atoms with Gasteiger partial charge in [-0.1, -0.05) is 15.9 Å². The van der Waals surface area contributed by atoms with Gasteiger partial charge in [0, 0.05) is 11.0 Å². The Hall–Kier alpha value is -1.11. The molecule has 108 valence electrons. The van der Waals surface area contributed by atoms with E-state index in [1.807, 2.05) is 19.1 Å². The van der Waals surface area contributed by atoms with Crippen molar-refractivity contribution in [2.45, 2.75) is 17.9 Å². The Bertz CT molecular complexity index is 636. The highest BCUT2D eigenvalue weighted by Gasteiger charge is 2.15. The monoisotopic (exact) mass is 357 g/mol. The van der Waals surface area contributed by atoms with Crippen molar-refractivity contribution in [3.05, 3.63) is 52.9 Å². The van der Waals surface area contributed by atoms with E-state index in [0.717, 1.165) is 10.2 Å². The predicted molar refractivity (Wildman–Crippen MR) is 81.3 cm³/mol. The summed E-state index contributed by atoms with van der Waals surface area (Å²) in [5.41, 5.74) is 0. The summed E-state index contributed by atoms with van der Waals surface area (Å²) in [5, 5.41) is 3.14. The first kappa shape index (κ1) is 15.3. The van der Waals surface area contributed by atoms with Crippen LogP contribution in [-0.4, -0.2) is 20.7 Å². The van der Waals surface area contributed by atoms with Crippen molar-refractivity contribution in [3.63, 3.8) is 0 Å². The molecule has 1 heterocycles. The van der Waals surface area contributed by atoms with Crippen LogP contribution >= 0.6 is 15.9 Å². The van der Waals surface area contributed by atoms with Crippen molar-refractivity contribution in [2.75, 3.05) is 12.3 Å². The number of hydrogen-bond donors (Lipinski definition) is 1. The summed E-state index contributed by atoms with van der Waals surface area (Å²) in [6, 6.07) is 10.3. The fraction of sp³-hybridized carbons (Fsp3) is 0.286. The minimum atomic E-state index is -3.26. The fourth-order valence-electron chi connectivity index (χ4n) is 1.81. The number of hydrogen-bond acceptors (Lipinski definition) is 4. The first-order valence-corrected chi connectivity index (χ1v) is 8.69. The Kier molecular flexibility index (Phi) is 5.01. The van der Waals surface area contributed by atoms with E-state index in [4.69, 9.17) is 4.42 Å². The molecule has 1 aromatic heterocycles. The van der Waals surface area contributed by atoms with Crippen LogP contribution in [0.15, 0.2) is 56.4 Å². The van der Waals surface area contributed by atoms with Gasteiger partial charge in [-0.25, -0.2) is 8.42 Å². The zero-order valence-corrected chi connectivity index (χ0v) is 13.4. The summed E-state index contributed by atoms with van der Waals surface area (Å²) in [4.78, 5) is 0.341. The standard InChI is InChI=1S/C14H16BrNO3S/c1-11(14-3-2-9-19-14)16-8-10-20(17,18)13-6-4-12(15)5-7-13/h2-7,9,11,16H,8,10H2,1H3/t11-/m0/s1. The molecule has 0 amide bonds. The molecule has 2 rings (SSSR count). The SMILES string of the molecule is C[C@H](NCCS(=O)(=O)c1ccc(Br)cc1)c1ccco1. The third kappa shape index (κ3) is 3.94. The summed E-state index contributed by atoms with van der Waals surface area (Å²) < 4.78 is 30.4. The molecule has 0 saturated heterocycles. The lowest BCUT2D eigenvalue weighted by Gasteiger charge is -2.11. The average molecular weight is 358 g/mol. The third-order valence-corrected chi connectivity index (χ3v) is 5.22. The van der Waals surface area contributed by atoms with Crippen LogP contribution in [0.4, 0.5) is 0 Å². The van der Waals surface area contributed by atoms with Crippen molar-refractivity contribution < 1.29 is 12.8 Å². The van der Waals surface area contributed by atoms with Gasteiger partial charge >= 0.3 is 0 Å². The van der Waals surface area contributed by atoms with E-state index in [-0.39, 0.29) is 11.8 Å². The van der Waals surface area contributed by atoms with Crippen molar-refractivity contribution in [3.8, 4) is 0 Å². The molecule has 1 aromatic carbocycles. The highest BCUT2D eigenvalue weighted by atomic mass is 79.9. The molecular formula is C14H16BrNO3S. The second-order valence-electron chi connectivity index (χ2n) is 4.46. The number of nitrogens with one attached hydrogen (secondary N) is 1. The minimum absolute atomic E-state index is 0.00915. The maximum Gasteiger partial charge on any atom is 0.179 e. The van der Waals surface area contributed by atoms with E-state index in [9.17, 15) is 8.42 Å². The molecule has 0 aliphatic heterocycles. The van der Waals surface area contributed by atoms with Gasteiger partial charge in [0.1, 0.15) is 5.76 Å². The van der Waals surface area contributed by atoms with Gasteiger partial charge in [-0.2, -0.15) is 0 Å². The zero-order valence-electron chi connectivity index (χ0n) is 11.0. The fourth-order valence-corrected chi connectivity index (χ4v) is 3.25. The van der Waals surface area contributed by atoms with Crippen LogP contribution in [0.2, 0.25) is 0 Å².